The molecule has 0 spiro atoms. The molecule has 30 heavy (non-hydrogen) atoms. The molecule has 0 saturated carbocycles. The normalized spacial score (nSPS) is 16.7. The number of rotatable bonds is 4. The zero-order chi connectivity index (χ0) is 21.3. The lowest BCUT2D eigenvalue weighted by molar-refractivity contribution is -0.119. The molecule has 156 valence electrons. The van der Waals surface area contributed by atoms with Crippen molar-refractivity contribution in [2.45, 2.75) is 39.7 Å². The van der Waals surface area contributed by atoms with Crippen molar-refractivity contribution < 1.29 is 19.1 Å². The summed E-state index contributed by atoms with van der Waals surface area (Å²) in [5, 5.41) is 8.73. The van der Waals surface area contributed by atoms with Gasteiger partial charge in [0.2, 0.25) is 5.91 Å². The minimum absolute atomic E-state index is 0.111. The van der Waals surface area contributed by atoms with Gasteiger partial charge < -0.3 is 14.8 Å². The molecule has 1 atom stereocenters. The highest BCUT2D eigenvalue weighted by molar-refractivity contribution is 6.40. The van der Waals surface area contributed by atoms with Crippen LogP contribution in [0.25, 0.3) is 0 Å². The van der Waals surface area contributed by atoms with Gasteiger partial charge in [-0.2, -0.15) is 5.10 Å². The van der Waals surface area contributed by atoms with Crippen molar-refractivity contribution in [1.29, 1.82) is 0 Å². The first-order chi connectivity index (χ1) is 14.4. The molecule has 7 nitrogen and oxygen atoms in total. The summed E-state index contributed by atoms with van der Waals surface area (Å²) in [6.45, 7) is 6.84. The van der Waals surface area contributed by atoms with Crippen LogP contribution in [0.15, 0.2) is 41.5 Å². The van der Waals surface area contributed by atoms with E-state index in [1.807, 2.05) is 57.2 Å². The van der Waals surface area contributed by atoms with Crippen molar-refractivity contribution in [1.82, 2.24) is 5.32 Å². The molecule has 4 rings (SSSR count). The minimum atomic E-state index is -0.278. The van der Waals surface area contributed by atoms with Crippen molar-refractivity contribution in [3.63, 3.8) is 0 Å². The van der Waals surface area contributed by atoms with E-state index in [0.29, 0.717) is 42.5 Å². The van der Waals surface area contributed by atoms with E-state index in [2.05, 4.69) is 10.4 Å². The highest BCUT2D eigenvalue weighted by Gasteiger charge is 2.27. The highest BCUT2D eigenvalue weighted by atomic mass is 16.6. The monoisotopic (exact) mass is 407 g/mol. The lowest BCUT2D eigenvalue weighted by Crippen LogP contribution is -2.40. The number of hydrazone groups is 1. The van der Waals surface area contributed by atoms with Crippen molar-refractivity contribution in [3.8, 4) is 11.5 Å². The second-order valence-corrected chi connectivity index (χ2v) is 7.64. The van der Waals surface area contributed by atoms with Crippen molar-refractivity contribution in [3.05, 3.63) is 53.1 Å². The van der Waals surface area contributed by atoms with Gasteiger partial charge >= 0.3 is 0 Å². The lowest BCUT2D eigenvalue weighted by Gasteiger charge is -2.25. The summed E-state index contributed by atoms with van der Waals surface area (Å²) in [4.78, 5) is 25.3. The molecular formula is C23H25N3O4. The van der Waals surface area contributed by atoms with Gasteiger partial charge in [-0.25, -0.2) is 5.01 Å². The minimum Gasteiger partial charge on any atom is -0.486 e. The van der Waals surface area contributed by atoms with E-state index in [9.17, 15) is 9.59 Å². The van der Waals surface area contributed by atoms with E-state index in [-0.39, 0.29) is 24.3 Å². The standard InChI is InChI=1S/C23H25N3O4/c1-14-4-5-15(2)19(12-14)26-22(27)9-7-18(25-26)23(28)24-16(3)17-6-8-20-21(13-17)30-11-10-29-20/h4-6,8,12-13,16H,7,9-11H2,1-3H3,(H,24,28). The van der Waals surface area contributed by atoms with Gasteiger partial charge in [-0.3, -0.25) is 9.59 Å². The molecule has 2 aromatic rings. The Bertz CT molecular complexity index is 1030. The largest absolute Gasteiger partial charge is 0.486 e. The fourth-order valence-corrected chi connectivity index (χ4v) is 3.55. The Hall–Kier alpha value is -3.35. The first-order valence-electron chi connectivity index (χ1n) is 10.1. The maximum absolute atomic E-state index is 12.9. The van der Waals surface area contributed by atoms with Crippen LogP contribution in [-0.4, -0.2) is 30.7 Å². The van der Waals surface area contributed by atoms with Crippen LogP contribution in [-0.2, 0) is 9.59 Å². The third-order valence-corrected chi connectivity index (χ3v) is 5.30. The number of hydrogen-bond donors (Lipinski definition) is 1. The SMILES string of the molecule is Cc1ccc(C)c(N2N=C(C(=O)NC(C)c3ccc4c(c3)OCCO4)CCC2=O)c1. The smallest absolute Gasteiger partial charge is 0.267 e. The fraction of sp³-hybridized carbons (Fsp3) is 0.348. The average Bonchev–Trinajstić information content (AvgIpc) is 2.75. The number of amides is 2. The van der Waals surface area contributed by atoms with Crippen molar-refractivity contribution >= 4 is 23.2 Å². The zero-order valence-electron chi connectivity index (χ0n) is 17.4. The van der Waals surface area contributed by atoms with Crippen LogP contribution in [0.5, 0.6) is 11.5 Å². The van der Waals surface area contributed by atoms with Crippen LogP contribution in [0.3, 0.4) is 0 Å². The summed E-state index contributed by atoms with van der Waals surface area (Å²) < 4.78 is 11.2. The van der Waals surface area contributed by atoms with Gasteiger partial charge in [0, 0.05) is 12.8 Å². The van der Waals surface area contributed by atoms with E-state index in [1.54, 1.807) is 0 Å². The van der Waals surface area contributed by atoms with Gasteiger partial charge in [0.05, 0.1) is 11.7 Å². The summed E-state index contributed by atoms with van der Waals surface area (Å²) in [5.41, 5.74) is 3.93. The third kappa shape index (κ3) is 4.01. The molecule has 7 heteroatoms. The first kappa shape index (κ1) is 19.9. The third-order valence-electron chi connectivity index (χ3n) is 5.30. The lowest BCUT2D eigenvalue weighted by atomic mass is 10.1. The van der Waals surface area contributed by atoms with E-state index >= 15 is 0 Å². The number of hydrogen-bond acceptors (Lipinski definition) is 5. The fourth-order valence-electron chi connectivity index (χ4n) is 3.55. The van der Waals surface area contributed by atoms with Gasteiger partial charge in [-0.1, -0.05) is 18.2 Å². The Kier molecular flexibility index (Phi) is 5.44. The maximum Gasteiger partial charge on any atom is 0.267 e. The molecule has 2 heterocycles. The molecule has 0 aliphatic carbocycles. The number of aryl methyl sites for hydroxylation is 2. The molecule has 0 bridgehead atoms. The Morgan fingerprint density at radius 3 is 2.63 bits per heavy atom. The van der Waals surface area contributed by atoms with E-state index < -0.39 is 0 Å². The predicted octanol–water partition coefficient (Wildman–Crippen LogP) is 3.43. The maximum atomic E-state index is 12.9. The quantitative estimate of drug-likeness (QED) is 0.842. The summed E-state index contributed by atoms with van der Waals surface area (Å²) in [6, 6.07) is 11.2. The number of anilines is 1. The van der Waals surface area contributed by atoms with Crippen LogP contribution >= 0.6 is 0 Å². The molecular weight excluding hydrogens is 382 g/mol. The number of carbonyl (C=O) groups excluding carboxylic acids is 2. The second kappa shape index (κ2) is 8.18. The molecule has 2 amide bonds. The molecule has 0 radical (unpaired) electrons. The molecule has 1 unspecified atom stereocenters. The van der Waals surface area contributed by atoms with Crippen molar-refractivity contribution in [2.24, 2.45) is 5.10 Å². The summed E-state index contributed by atoms with van der Waals surface area (Å²) >= 11 is 0. The van der Waals surface area contributed by atoms with E-state index in [0.717, 1.165) is 16.7 Å². The molecule has 2 aliphatic heterocycles. The Morgan fingerprint density at radius 2 is 1.83 bits per heavy atom. The van der Waals surface area contributed by atoms with Gasteiger partial charge in [-0.15, -0.1) is 0 Å². The van der Waals surface area contributed by atoms with Gasteiger partial charge in [-0.05, 0) is 55.7 Å². The van der Waals surface area contributed by atoms with Crippen LogP contribution in [0.1, 0.15) is 42.5 Å². The van der Waals surface area contributed by atoms with Gasteiger partial charge in [0.25, 0.3) is 5.91 Å². The summed E-state index contributed by atoms with van der Waals surface area (Å²) in [5.74, 6) is 1.00. The Morgan fingerprint density at radius 1 is 1.07 bits per heavy atom. The second-order valence-electron chi connectivity index (χ2n) is 7.64. The molecule has 1 N–H and O–H groups in total. The predicted molar refractivity (Wildman–Crippen MR) is 114 cm³/mol. The number of carbonyl (C=O) groups is 2. The Labute approximate surface area is 175 Å². The first-order valence-corrected chi connectivity index (χ1v) is 10.1. The van der Waals surface area contributed by atoms with E-state index in [4.69, 9.17) is 9.47 Å². The summed E-state index contributed by atoms with van der Waals surface area (Å²) in [6.07, 6.45) is 0.567. The number of nitrogens with zero attached hydrogens (tertiary/aromatic N) is 2. The number of ether oxygens (including phenoxy) is 2. The highest BCUT2D eigenvalue weighted by Crippen LogP contribution is 2.32. The zero-order valence-corrected chi connectivity index (χ0v) is 17.4. The molecule has 2 aliphatic rings. The molecule has 0 saturated heterocycles. The molecule has 0 fully saturated rings. The summed E-state index contributed by atoms with van der Waals surface area (Å²) in [7, 11) is 0. The Balaban J connectivity index is 1.52. The van der Waals surface area contributed by atoms with Crippen LogP contribution in [0, 0.1) is 13.8 Å². The topological polar surface area (TPSA) is 80.2 Å². The number of fused-ring (bicyclic) bond motifs is 1. The number of benzene rings is 2. The van der Waals surface area contributed by atoms with Crippen LogP contribution in [0.4, 0.5) is 5.69 Å². The average molecular weight is 407 g/mol. The van der Waals surface area contributed by atoms with Crippen LogP contribution < -0.4 is 19.8 Å². The molecule has 2 aromatic carbocycles. The van der Waals surface area contributed by atoms with Gasteiger partial charge in [0.1, 0.15) is 18.9 Å². The van der Waals surface area contributed by atoms with E-state index in [1.165, 1.54) is 5.01 Å². The van der Waals surface area contributed by atoms with Crippen molar-refractivity contribution in [2.75, 3.05) is 18.2 Å². The van der Waals surface area contributed by atoms with Crippen LogP contribution in [0.2, 0.25) is 0 Å². The number of nitrogens with one attached hydrogen (secondary N) is 1. The van der Waals surface area contributed by atoms with Gasteiger partial charge in [0.15, 0.2) is 11.5 Å². The molecule has 0 aromatic heterocycles.